The van der Waals surface area contributed by atoms with E-state index in [1.165, 1.54) is 4.90 Å². The third kappa shape index (κ3) is 5.87. The Morgan fingerprint density at radius 3 is 2.33 bits per heavy atom. The summed E-state index contributed by atoms with van der Waals surface area (Å²) in [5, 5.41) is 20.1. The summed E-state index contributed by atoms with van der Waals surface area (Å²) in [7, 11) is 3.26. The number of hydrogen-bond acceptors (Lipinski definition) is 6. The van der Waals surface area contributed by atoms with Crippen molar-refractivity contribution in [2.75, 3.05) is 32.6 Å². The number of ether oxygens (including phenoxy) is 2. The van der Waals surface area contributed by atoms with E-state index in [1.54, 1.807) is 63.5 Å². The first-order valence-electron chi connectivity index (χ1n) is 9.26. The molecule has 160 valence electrons. The number of nitrogen functional groups attached to an aromatic ring is 1. The standard InChI is InChI=1S/C21H26N4O5/c1-4-29-17-11-14(7-10-16(17)30-12-18(26)25(2)3)19(21(27)28)24-15-8-5-13(6-9-15)20(22)23/h5-11,19,24H,4,12H2,1-3H3,(H3,22,23)(H,27,28). The highest BCUT2D eigenvalue weighted by molar-refractivity contribution is 5.95. The predicted molar refractivity (Wildman–Crippen MR) is 113 cm³/mol. The van der Waals surface area contributed by atoms with Crippen molar-refractivity contribution in [1.29, 1.82) is 5.41 Å². The average molecular weight is 414 g/mol. The third-order valence-electron chi connectivity index (χ3n) is 4.20. The quantitative estimate of drug-likeness (QED) is 0.345. The Kier molecular flexibility index (Phi) is 7.62. The molecule has 1 atom stereocenters. The highest BCUT2D eigenvalue weighted by Gasteiger charge is 2.22. The number of nitrogens with two attached hydrogens (primary N) is 1. The second kappa shape index (κ2) is 10.1. The molecule has 0 aliphatic heterocycles. The highest BCUT2D eigenvalue weighted by atomic mass is 16.5. The summed E-state index contributed by atoms with van der Waals surface area (Å²) in [6.07, 6.45) is 0. The molecule has 2 aromatic carbocycles. The minimum absolute atomic E-state index is 0.0685. The lowest BCUT2D eigenvalue weighted by Crippen LogP contribution is -2.27. The predicted octanol–water partition coefficient (Wildman–Crippen LogP) is 2.07. The molecular formula is C21H26N4O5. The zero-order chi connectivity index (χ0) is 22.3. The van der Waals surface area contributed by atoms with Crippen molar-refractivity contribution in [3.8, 4) is 11.5 Å². The van der Waals surface area contributed by atoms with E-state index in [1.807, 2.05) is 0 Å². The molecule has 0 heterocycles. The minimum atomic E-state index is -1.08. The molecule has 0 fully saturated rings. The summed E-state index contributed by atoms with van der Waals surface area (Å²) in [6, 6.07) is 10.3. The molecule has 0 saturated carbocycles. The molecular weight excluding hydrogens is 388 g/mol. The fourth-order valence-electron chi connectivity index (χ4n) is 2.56. The van der Waals surface area contributed by atoms with Gasteiger partial charge >= 0.3 is 5.97 Å². The summed E-state index contributed by atoms with van der Waals surface area (Å²) >= 11 is 0. The maximum Gasteiger partial charge on any atom is 0.330 e. The number of carboxylic acids is 1. The maximum atomic E-state index is 11.9. The minimum Gasteiger partial charge on any atom is -0.490 e. The Hall–Kier alpha value is -3.75. The van der Waals surface area contributed by atoms with Crippen molar-refractivity contribution in [3.63, 3.8) is 0 Å². The van der Waals surface area contributed by atoms with E-state index in [0.717, 1.165) is 0 Å². The van der Waals surface area contributed by atoms with Crippen molar-refractivity contribution in [3.05, 3.63) is 53.6 Å². The van der Waals surface area contributed by atoms with E-state index < -0.39 is 12.0 Å². The van der Waals surface area contributed by atoms with E-state index in [0.29, 0.717) is 34.9 Å². The van der Waals surface area contributed by atoms with Crippen LogP contribution in [0.4, 0.5) is 5.69 Å². The van der Waals surface area contributed by atoms with Crippen LogP contribution in [0.5, 0.6) is 11.5 Å². The number of amidine groups is 1. The fourth-order valence-corrected chi connectivity index (χ4v) is 2.56. The summed E-state index contributed by atoms with van der Waals surface area (Å²) < 4.78 is 11.1. The van der Waals surface area contributed by atoms with Gasteiger partial charge in [-0.3, -0.25) is 10.2 Å². The summed E-state index contributed by atoms with van der Waals surface area (Å²) in [4.78, 5) is 25.1. The molecule has 0 bridgehead atoms. The molecule has 2 aromatic rings. The van der Waals surface area contributed by atoms with Gasteiger partial charge in [0.2, 0.25) is 0 Å². The lowest BCUT2D eigenvalue weighted by Gasteiger charge is -2.19. The Bertz CT molecular complexity index is 912. The molecule has 5 N–H and O–H groups in total. The van der Waals surface area contributed by atoms with Gasteiger partial charge in [0.25, 0.3) is 5.91 Å². The van der Waals surface area contributed by atoms with Crippen molar-refractivity contribution in [1.82, 2.24) is 4.90 Å². The molecule has 0 saturated heterocycles. The molecule has 0 radical (unpaired) electrons. The molecule has 0 aliphatic carbocycles. The van der Waals surface area contributed by atoms with Crippen LogP contribution >= 0.6 is 0 Å². The van der Waals surface area contributed by atoms with E-state index in [4.69, 9.17) is 20.6 Å². The van der Waals surface area contributed by atoms with E-state index in [2.05, 4.69) is 5.32 Å². The van der Waals surface area contributed by atoms with Crippen LogP contribution in [0.3, 0.4) is 0 Å². The third-order valence-corrected chi connectivity index (χ3v) is 4.20. The topological polar surface area (TPSA) is 138 Å². The Morgan fingerprint density at radius 1 is 1.13 bits per heavy atom. The second-order valence-corrected chi connectivity index (χ2v) is 6.62. The van der Waals surface area contributed by atoms with Gasteiger partial charge in [0.05, 0.1) is 6.61 Å². The molecule has 1 amide bonds. The number of likely N-dealkylation sites (N-methyl/N-ethyl adjacent to an activating group) is 1. The van der Waals surface area contributed by atoms with Crippen LogP contribution < -0.4 is 20.5 Å². The molecule has 1 unspecified atom stereocenters. The number of anilines is 1. The van der Waals surface area contributed by atoms with Crippen molar-refractivity contribution in [2.24, 2.45) is 5.73 Å². The van der Waals surface area contributed by atoms with Gasteiger partial charge in [-0.05, 0) is 48.9 Å². The van der Waals surface area contributed by atoms with E-state index >= 15 is 0 Å². The van der Waals surface area contributed by atoms with Gasteiger partial charge in [-0.15, -0.1) is 0 Å². The van der Waals surface area contributed by atoms with Gasteiger partial charge in [-0.25, -0.2) is 4.79 Å². The van der Waals surface area contributed by atoms with Gasteiger partial charge in [0, 0.05) is 25.3 Å². The van der Waals surface area contributed by atoms with Crippen LogP contribution in [0, 0.1) is 5.41 Å². The number of nitrogens with zero attached hydrogens (tertiary/aromatic N) is 1. The number of hydrogen-bond donors (Lipinski definition) is 4. The molecule has 0 spiro atoms. The van der Waals surface area contributed by atoms with E-state index in [9.17, 15) is 14.7 Å². The Labute approximate surface area is 174 Å². The van der Waals surface area contributed by atoms with Crippen LogP contribution in [-0.4, -0.2) is 55.0 Å². The van der Waals surface area contributed by atoms with Crippen LogP contribution in [0.2, 0.25) is 0 Å². The smallest absolute Gasteiger partial charge is 0.330 e. The lowest BCUT2D eigenvalue weighted by atomic mass is 10.1. The molecule has 0 aromatic heterocycles. The zero-order valence-electron chi connectivity index (χ0n) is 17.1. The summed E-state index contributed by atoms with van der Waals surface area (Å²) in [5.41, 5.74) is 6.99. The van der Waals surface area contributed by atoms with Crippen molar-refractivity contribution in [2.45, 2.75) is 13.0 Å². The van der Waals surface area contributed by atoms with Gasteiger partial charge < -0.3 is 30.5 Å². The first-order valence-corrected chi connectivity index (χ1v) is 9.26. The number of nitrogens with one attached hydrogen (secondary N) is 2. The molecule has 9 nitrogen and oxygen atoms in total. The number of amides is 1. The zero-order valence-corrected chi connectivity index (χ0v) is 17.1. The van der Waals surface area contributed by atoms with Gasteiger partial charge in [-0.2, -0.15) is 0 Å². The molecule has 2 rings (SSSR count). The number of aliphatic carboxylic acids is 1. The average Bonchev–Trinajstić information content (AvgIpc) is 2.71. The first-order chi connectivity index (χ1) is 14.2. The largest absolute Gasteiger partial charge is 0.490 e. The van der Waals surface area contributed by atoms with Crippen LogP contribution in [0.25, 0.3) is 0 Å². The monoisotopic (exact) mass is 414 g/mol. The summed E-state index contributed by atoms with van der Waals surface area (Å²) in [6.45, 7) is 1.99. The van der Waals surface area contributed by atoms with Crippen LogP contribution in [0.1, 0.15) is 24.1 Å². The number of benzene rings is 2. The van der Waals surface area contributed by atoms with Crippen molar-refractivity contribution >= 4 is 23.4 Å². The van der Waals surface area contributed by atoms with Gasteiger partial charge in [-0.1, -0.05) is 6.07 Å². The summed E-state index contributed by atoms with van der Waals surface area (Å²) in [5.74, 6) is -0.654. The first kappa shape index (κ1) is 22.5. The SMILES string of the molecule is CCOc1cc(C(Nc2ccc(C(=N)N)cc2)C(=O)O)ccc1OCC(=O)N(C)C. The normalized spacial score (nSPS) is 11.3. The van der Waals surface area contributed by atoms with Crippen molar-refractivity contribution < 1.29 is 24.2 Å². The lowest BCUT2D eigenvalue weighted by molar-refractivity contribution is -0.138. The molecule has 30 heavy (non-hydrogen) atoms. The van der Waals surface area contributed by atoms with Crippen LogP contribution in [-0.2, 0) is 9.59 Å². The molecule has 0 aliphatic rings. The Balaban J connectivity index is 2.26. The fraction of sp³-hybridized carbons (Fsp3) is 0.286. The number of carbonyl (C=O) groups excluding carboxylic acids is 1. The second-order valence-electron chi connectivity index (χ2n) is 6.62. The highest BCUT2D eigenvalue weighted by Crippen LogP contribution is 2.32. The number of rotatable bonds is 10. The molecule has 9 heteroatoms. The van der Waals surface area contributed by atoms with Gasteiger partial charge in [0.1, 0.15) is 5.84 Å². The van der Waals surface area contributed by atoms with Gasteiger partial charge in [0.15, 0.2) is 24.1 Å². The van der Waals surface area contributed by atoms with Crippen LogP contribution in [0.15, 0.2) is 42.5 Å². The van der Waals surface area contributed by atoms with E-state index in [-0.39, 0.29) is 18.3 Å². The number of carboxylic acid groups (broad SMARTS) is 1. The maximum absolute atomic E-state index is 11.9. The number of carbonyl (C=O) groups is 2. The Morgan fingerprint density at radius 2 is 1.80 bits per heavy atom.